The van der Waals surface area contributed by atoms with Gasteiger partial charge in [0.2, 0.25) is 5.91 Å². The number of nitrogens with two attached hydrogens (primary N) is 1. The number of fused-ring (bicyclic) bond motifs is 1. The van der Waals surface area contributed by atoms with Gasteiger partial charge in [0.15, 0.2) is 0 Å². The third-order valence-electron chi connectivity index (χ3n) is 7.42. The first kappa shape index (κ1) is 18.7. The number of primary amides is 1. The molecule has 5 nitrogen and oxygen atoms in total. The lowest BCUT2D eigenvalue weighted by atomic mass is 9.78. The quantitative estimate of drug-likeness (QED) is 0.787. The summed E-state index contributed by atoms with van der Waals surface area (Å²) in [6.07, 6.45) is 13.7. The normalized spacial score (nSPS) is 37.5. The van der Waals surface area contributed by atoms with E-state index in [1.165, 1.54) is 51.4 Å². The van der Waals surface area contributed by atoms with Crippen LogP contribution in [-0.2, 0) is 9.53 Å². The molecule has 1 saturated carbocycles. The molecule has 0 aromatic rings. The number of hydrogen-bond donors (Lipinski definition) is 2. The molecule has 4 rings (SSSR count). The van der Waals surface area contributed by atoms with Gasteiger partial charge in [-0.2, -0.15) is 0 Å². The molecule has 5 heteroatoms. The minimum absolute atomic E-state index is 0.0838. The summed E-state index contributed by atoms with van der Waals surface area (Å²) in [5.74, 6) is 2.50. The predicted octanol–water partition coefficient (Wildman–Crippen LogP) is 2.49. The predicted molar refractivity (Wildman–Crippen MR) is 102 cm³/mol. The van der Waals surface area contributed by atoms with Crippen molar-refractivity contribution in [1.82, 2.24) is 10.2 Å². The van der Waals surface area contributed by atoms with Gasteiger partial charge in [-0.3, -0.25) is 10.1 Å². The van der Waals surface area contributed by atoms with E-state index in [2.05, 4.69) is 10.2 Å². The van der Waals surface area contributed by atoms with E-state index in [1.54, 1.807) is 0 Å². The van der Waals surface area contributed by atoms with Crippen LogP contribution in [0.1, 0.15) is 64.2 Å². The van der Waals surface area contributed by atoms with Gasteiger partial charge in [-0.1, -0.05) is 32.1 Å². The maximum atomic E-state index is 11.3. The third kappa shape index (κ3) is 4.60. The Morgan fingerprint density at radius 3 is 2.54 bits per heavy atom. The third-order valence-corrected chi connectivity index (χ3v) is 7.42. The molecule has 3 aliphatic heterocycles. The molecule has 4 aliphatic rings. The van der Waals surface area contributed by atoms with Crippen LogP contribution in [0.25, 0.3) is 0 Å². The molecule has 4 fully saturated rings. The fraction of sp³-hybridized carbons (Fsp3) is 0.952. The van der Waals surface area contributed by atoms with Crippen LogP contribution in [0.15, 0.2) is 0 Å². The van der Waals surface area contributed by atoms with Crippen LogP contribution in [0.4, 0.5) is 0 Å². The largest absolute Gasteiger partial charge is 0.369 e. The van der Waals surface area contributed by atoms with Crippen molar-refractivity contribution in [2.24, 2.45) is 29.4 Å². The van der Waals surface area contributed by atoms with Crippen LogP contribution in [0.5, 0.6) is 0 Å². The molecule has 0 aromatic carbocycles. The minimum Gasteiger partial charge on any atom is -0.369 e. The van der Waals surface area contributed by atoms with Crippen molar-refractivity contribution in [3.05, 3.63) is 0 Å². The second-order valence-electron chi connectivity index (χ2n) is 9.40. The van der Waals surface area contributed by atoms with Crippen LogP contribution >= 0.6 is 0 Å². The van der Waals surface area contributed by atoms with Crippen molar-refractivity contribution < 1.29 is 9.53 Å². The lowest BCUT2D eigenvalue weighted by Gasteiger charge is -2.34. The Bertz CT molecular complexity index is 472. The first-order valence-corrected chi connectivity index (χ1v) is 11.1. The Morgan fingerprint density at radius 1 is 1.04 bits per heavy atom. The average molecular weight is 364 g/mol. The Balaban J connectivity index is 1.20. The Labute approximate surface area is 158 Å². The van der Waals surface area contributed by atoms with Crippen molar-refractivity contribution in [2.75, 3.05) is 26.2 Å². The van der Waals surface area contributed by atoms with E-state index in [4.69, 9.17) is 10.5 Å². The molecule has 4 unspecified atom stereocenters. The molecular formula is C21H37N3O2. The first-order chi connectivity index (χ1) is 12.7. The average Bonchev–Trinajstić information content (AvgIpc) is 3.04. The van der Waals surface area contributed by atoms with Crippen molar-refractivity contribution in [3.63, 3.8) is 0 Å². The number of nitrogens with zero attached hydrogens (tertiary/aromatic N) is 1. The van der Waals surface area contributed by atoms with Crippen molar-refractivity contribution in [2.45, 2.75) is 76.5 Å². The number of rotatable bonds is 5. The Kier molecular flexibility index (Phi) is 6.17. The zero-order valence-corrected chi connectivity index (χ0v) is 16.2. The van der Waals surface area contributed by atoms with Crippen molar-refractivity contribution >= 4 is 5.91 Å². The molecule has 3 N–H and O–H groups in total. The van der Waals surface area contributed by atoms with Gasteiger partial charge in [0.1, 0.15) is 6.23 Å². The van der Waals surface area contributed by atoms with E-state index < -0.39 is 0 Å². The minimum atomic E-state index is -0.124. The van der Waals surface area contributed by atoms with Crippen LogP contribution in [-0.4, -0.2) is 49.3 Å². The summed E-state index contributed by atoms with van der Waals surface area (Å²) in [7, 11) is 0. The van der Waals surface area contributed by atoms with Gasteiger partial charge in [0.25, 0.3) is 0 Å². The molecule has 26 heavy (non-hydrogen) atoms. The summed E-state index contributed by atoms with van der Waals surface area (Å²) in [6.45, 7) is 4.14. The Hall–Kier alpha value is -0.650. The van der Waals surface area contributed by atoms with Crippen LogP contribution < -0.4 is 11.1 Å². The molecule has 3 heterocycles. The summed E-state index contributed by atoms with van der Waals surface area (Å²) in [5.41, 5.74) is 5.45. The van der Waals surface area contributed by atoms with Gasteiger partial charge in [0, 0.05) is 24.9 Å². The van der Waals surface area contributed by atoms with E-state index in [9.17, 15) is 4.79 Å². The fourth-order valence-corrected chi connectivity index (χ4v) is 5.94. The van der Waals surface area contributed by atoms with E-state index in [-0.39, 0.29) is 18.1 Å². The molecule has 4 atom stereocenters. The topological polar surface area (TPSA) is 67.6 Å². The summed E-state index contributed by atoms with van der Waals surface area (Å²) < 4.78 is 6.34. The standard InChI is InChI=1S/C21H37N3O2/c22-20(25)17-6-8-24(9-7-17)14-19-12-18-11-16(13-23-21(18)26-19)10-15-4-2-1-3-5-15/h15-19,21,23H,1-14H2,(H2,22,25). The summed E-state index contributed by atoms with van der Waals surface area (Å²) in [6, 6.07) is 0. The number of nitrogens with one attached hydrogen (secondary N) is 1. The van der Waals surface area contributed by atoms with Gasteiger partial charge >= 0.3 is 0 Å². The van der Waals surface area contributed by atoms with E-state index in [0.717, 1.165) is 50.9 Å². The number of likely N-dealkylation sites (tertiary alicyclic amines) is 1. The highest BCUT2D eigenvalue weighted by atomic mass is 16.5. The summed E-state index contributed by atoms with van der Waals surface area (Å²) in [4.78, 5) is 13.8. The van der Waals surface area contributed by atoms with Gasteiger partial charge in [-0.25, -0.2) is 0 Å². The number of amides is 1. The first-order valence-electron chi connectivity index (χ1n) is 11.1. The number of ether oxygens (including phenoxy) is 1. The maximum Gasteiger partial charge on any atom is 0.220 e. The summed E-state index contributed by atoms with van der Waals surface area (Å²) in [5, 5.41) is 3.71. The molecule has 0 radical (unpaired) electrons. The van der Waals surface area contributed by atoms with Crippen LogP contribution in [0.3, 0.4) is 0 Å². The number of carbonyl (C=O) groups excluding carboxylic acids is 1. The number of carbonyl (C=O) groups is 1. The fourth-order valence-electron chi connectivity index (χ4n) is 5.94. The number of piperidine rings is 2. The molecule has 3 saturated heterocycles. The monoisotopic (exact) mass is 363 g/mol. The molecule has 0 bridgehead atoms. The van der Waals surface area contributed by atoms with Crippen LogP contribution in [0, 0.1) is 23.7 Å². The lowest BCUT2D eigenvalue weighted by molar-refractivity contribution is -0.123. The van der Waals surface area contributed by atoms with E-state index >= 15 is 0 Å². The molecule has 1 amide bonds. The SMILES string of the molecule is NC(=O)C1CCN(CC2CC3CC(CC4CCCCC4)CNC3O2)CC1. The second kappa shape index (κ2) is 8.57. The van der Waals surface area contributed by atoms with Crippen molar-refractivity contribution in [3.8, 4) is 0 Å². The molecule has 0 spiro atoms. The van der Waals surface area contributed by atoms with Gasteiger partial charge in [0.05, 0.1) is 6.10 Å². The van der Waals surface area contributed by atoms with Gasteiger partial charge < -0.3 is 15.4 Å². The second-order valence-corrected chi connectivity index (χ2v) is 9.40. The van der Waals surface area contributed by atoms with Gasteiger partial charge in [-0.05, 0) is 57.0 Å². The maximum absolute atomic E-state index is 11.3. The zero-order chi connectivity index (χ0) is 17.9. The molecule has 148 valence electrons. The Morgan fingerprint density at radius 2 is 1.81 bits per heavy atom. The highest BCUT2D eigenvalue weighted by molar-refractivity contribution is 5.76. The zero-order valence-electron chi connectivity index (χ0n) is 16.2. The number of hydrogen-bond acceptors (Lipinski definition) is 4. The molecule has 0 aromatic heterocycles. The van der Waals surface area contributed by atoms with Gasteiger partial charge in [-0.15, -0.1) is 0 Å². The summed E-state index contributed by atoms with van der Waals surface area (Å²) >= 11 is 0. The van der Waals surface area contributed by atoms with E-state index in [0.29, 0.717) is 12.0 Å². The highest BCUT2D eigenvalue weighted by Crippen LogP contribution is 2.38. The van der Waals surface area contributed by atoms with Crippen molar-refractivity contribution in [1.29, 1.82) is 0 Å². The smallest absolute Gasteiger partial charge is 0.220 e. The molecular weight excluding hydrogens is 326 g/mol. The molecule has 1 aliphatic carbocycles. The highest BCUT2D eigenvalue weighted by Gasteiger charge is 2.40. The van der Waals surface area contributed by atoms with E-state index in [1.807, 2.05) is 0 Å². The lowest BCUT2D eigenvalue weighted by Crippen LogP contribution is -2.44. The van der Waals surface area contributed by atoms with Crippen LogP contribution in [0.2, 0.25) is 0 Å².